The highest BCUT2D eigenvalue weighted by atomic mass is 16.5. The van der Waals surface area contributed by atoms with Gasteiger partial charge in [0.25, 0.3) is 5.91 Å². The number of benzene rings is 1. The van der Waals surface area contributed by atoms with Crippen LogP contribution in [0.15, 0.2) is 36.5 Å². The number of carbonyl (C=O) groups excluding carboxylic acids is 3. The summed E-state index contributed by atoms with van der Waals surface area (Å²) in [5.74, 6) is -0.634. The predicted molar refractivity (Wildman–Crippen MR) is 116 cm³/mol. The molecule has 2 N–H and O–H groups in total. The number of para-hydroxylation sites is 1. The summed E-state index contributed by atoms with van der Waals surface area (Å²) >= 11 is 0. The number of aryl methyl sites for hydroxylation is 1. The molecule has 8 heteroatoms. The van der Waals surface area contributed by atoms with Gasteiger partial charge in [0, 0.05) is 54.1 Å². The molecule has 0 unspecified atom stereocenters. The maximum atomic E-state index is 12.9. The molecule has 4 rings (SSSR count). The van der Waals surface area contributed by atoms with Gasteiger partial charge in [-0.25, -0.2) is 4.79 Å². The molecule has 0 spiro atoms. The summed E-state index contributed by atoms with van der Waals surface area (Å²) in [6.07, 6.45) is 2.22. The van der Waals surface area contributed by atoms with Crippen LogP contribution in [0.3, 0.4) is 0 Å². The average Bonchev–Trinajstić information content (AvgIpc) is 3.37. The normalized spacial score (nSPS) is 16.4. The Hall–Kier alpha value is -3.39. The van der Waals surface area contributed by atoms with Crippen LogP contribution in [0.1, 0.15) is 27.3 Å². The molecule has 3 aromatic rings. The van der Waals surface area contributed by atoms with Crippen LogP contribution in [0.25, 0.3) is 10.9 Å². The van der Waals surface area contributed by atoms with Crippen LogP contribution in [0, 0.1) is 13.8 Å². The Morgan fingerprint density at radius 1 is 1.19 bits per heavy atom. The van der Waals surface area contributed by atoms with E-state index in [2.05, 4.69) is 10.3 Å². The minimum absolute atomic E-state index is 0.256. The Balaban J connectivity index is 1.48. The number of H-pyrrole nitrogens is 1. The van der Waals surface area contributed by atoms with Crippen LogP contribution in [0.5, 0.6) is 0 Å². The van der Waals surface area contributed by atoms with E-state index < -0.39 is 12.1 Å². The Kier molecular flexibility index (Phi) is 5.65. The zero-order chi connectivity index (χ0) is 22.1. The molecule has 162 valence electrons. The Morgan fingerprint density at radius 3 is 2.74 bits per heavy atom. The van der Waals surface area contributed by atoms with Crippen molar-refractivity contribution in [3.05, 3.63) is 59.0 Å². The molecule has 1 atom stereocenters. The lowest BCUT2D eigenvalue weighted by Gasteiger charge is -2.13. The van der Waals surface area contributed by atoms with Crippen molar-refractivity contribution in [2.45, 2.75) is 32.9 Å². The van der Waals surface area contributed by atoms with Crippen LogP contribution in [-0.4, -0.2) is 58.5 Å². The first kappa shape index (κ1) is 20.9. The number of fused-ring (bicyclic) bond motifs is 1. The molecular weight excluding hydrogens is 396 g/mol. The van der Waals surface area contributed by atoms with Gasteiger partial charge in [-0.2, -0.15) is 0 Å². The van der Waals surface area contributed by atoms with Crippen molar-refractivity contribution in [3.8, 4) is 0 Å². The summed E-state index contributed by atoms with van der Waals surface area (Å²) < 4.78 is 7.13. The number of nitrogens with zero attached hydrogens (tertiary/aromatic N) is 2. The van der Waals surface area contributed by atoms with Crippen LogP contribution in [0.2, 0.25) is 0 Å². The van der Waals surface area contributed by atoms with Gasteiger partial charge in [0.15, 0.2) is 5.78 Å². The summed E-state index contributed by atoms with van der Waals surface area (Å²) in [7, 11) is 1.63. The summed E-state index contributed by atoms with van der Waals surface area (Å²) in [6, 6.07) is 8.39. The number of imide groups is 1. The van der Waals surface area contributed by atoms with Gasteiger partial charge in [-0.15, -0.1) is 0 Å². The van der Waals surface area contributed by atoms with E-state index in [0.717, 1.165) is 32.8 Å². The first-order valence-corrected chi connectivity index (χ1v) is 10.3. The predicted octanol–water partition coefficient (Wildman–Crippen LogP) is 2.58. The third-order valence-electron chi connectivity index (χ3n) is 5.90. The minimum Gasteiger partial charge on any atom is -0.383 e. The van der Waals surface area contributed by atoms with Crippen molar-refractivity contribution in [3.63, 3.8) is 0 Å². The second-order valence-corrected chi connectivity index (χ2v) is 7.84. The van der Waals surface area contributed by atoms with E-state index in [1.165, 1.54) is 0 Å². The summed E-state index contributed by atoms with van der Waals surface area (Å²) in [5, 5.41) is 3.74. The van der Waals surface area contributed by atoms with E-state index in [-0.39, 0.29) is 18.2 Å². The lowest BCUT2D eigenvalue weighted by molar-refractivity contribution is -0.127. The van der Waals surface area contributed by atoms with Crippen LogP contribution in [0.4, 0.5) is 4.79 Å². The second-order valence-electron chi connectivity index (χ2n) is 7.84. The first-order valence-electron chi connectivity index (χ1n) is 10.3. The zero-order valence-electron chi connectivity index (χ0n) is 17.9. The van der Waals surface area contributed by atoms with Gasteiger partial charge in [0.1, 0.15) is 6.04 Å². The van der Waals surface area contributed by atoms with E-state index in [4.69, 9.17) is 4.74 Å². The van der Waals surface area contributed by atoms with Gasteiger partial charge < -0.3 is 19.6 Å². The summed E-state index contributed by atoms with van der Waals surface area (Å²) in [4.78, 5) is 42.5. The highest BCUT2D eigenvalue weighted by molar-refractivity contribution is 6.09. The Bertz CT molecular complexity index is 1160. The standard InChI is InChI=1S/C23H26N4O4/c1-14-10-18(15(2)26(14)8-9-31-3)21(28)13-27-22(29)20(25-23(27)30)11-16-12-24-19-7-5-4-6-17(16)19/h4-7,10,12,20,24H,8-9,11,13H2,1-3H3,(H,25,30)/t20-/m1/s1. The van der Waals surface area contributed by atoms with Crippen LogP contribution < -0.4 is 5.32 Å². The topological polar surface area (TPSA) is 96.4 Å². The molecule has 1 aromatic carbocycles. The van der Waals surface area contributed by atoms with Crippen LogP contribution in [-0.2, 0) is 22.5 Å². The largest absolute Gasteiger partial charge is 0.383 e. The van der Waals surface area contributed by atoms with Crippen molar-refractivity contribution in [2.24, 2.45) is 0 Å². The molecule has 1 fully saturated rings. The number of ether oxygens (including phenoxy) is 1. The fourth-order valence-corrected chi connectivity index (χ4v) is 4.22. The SMILES string of the molecule is COCCn1c(C)cc(C(=O)CN2C(=O)N[C@H](Cc3c[nH]c4ccccc34)C2=O)c1C. The molecule has 3 amide bonds. The molecule has 2 aromatic heterocycles. The minimum atomic E-state index is -0.686. The number of nitrogens with one attached hydrogen (secondary N) is 2. The highest BCUT2D eigenvalue weighted by Crippen LogP contribution is 2.22. The van der Waals surface area contributed by atoms with Crippen molar-refractivity contribution >= 4 is 28.6 Å². The Labute approximate surface area is 180 Å². The summed E-state index contributed by atoms with van der Waals surface area (Å²) in [5.41, 5.74) is 4.19. The number of aromatic nitrogens is 2. The maximum absolute atomic E-state index is 12.9. The fraction of sp³-hybridized carbons (Fsp3) is 0.348. The molecular formula is C23H26N4O4. The molecule has 1 aliphatic rings. The smallest absolute Gasteiger partial charge is 0.325 e. The third-order valence-corrected chi connectivity index (χ3v) is 5.90. The van der Waals surface area contributed by atoms with Gasteiger partial charge in [-0.3, -0.25) is 14.5 Å². The van der Waals surface area contributed by atoms with Crippen molar-refractivity contribution < 1.29 is 19.1 Å². The molecule has 1 aliphatic heterocycles. The van der Waals surface area contributed by atoms with Gasteiger partial charge >= 0.3 is 6.03 Å². The quantitative estimate of drug-likeness (QED) is 0.431. The number of hydrogen-bond acceptors (Lipinski definition) is 4. The number of rotatable bonds is 8. The number of Topliss-reactive ketones (excluding diaryl/α,β-unsaturated/α-hetero) is 1. The van der Waals surface area contributed by atoms with E-state index >= 15 is 0 Å². The van der Waals surface area contributed by atoms with Crippen molar-refractivity contribution in [2.75, 3.05) is 20.3 Å². The molecule has 1 saturated heterocycles. The van der Waals surface area contributed by atoms with E-state index in [1.807, 2.05) is 48.9 Å². The van der Waals surface area contributed by atoms with Gasteiger partial charge in [0.2, 0.25) is 0 Å². The second kappa shape index (κ2) is 8.39. The van der Waals surface area contributed by atoms with Crippen molar-refractivity contribution in [1.82, 2.24) is 19.8 Å². The lowest BCUT2D eigenvalue weighted by Crippen LogP contribution is -2.36. The molecule has 31 heavy (non-hydrogen) atoms. The van der Waals surface area contributed by atoms with E-state index in [9.17, 15) is 14.4 Å². The van der Waals surface area contributed by atoms with Crippen molar-refractivity contribution in [1.29, 1.82) is 0 Å². The first-order chi connectivity index (χ1) is 14.9. The number of hydrogen-bond donors (Lipinski definition) is 2. The number of carbonyl (C=O) groups is 3. The number of methoxy groups -OCH3 is 1. The zero-order valence-corrected chi connectivity index (χ0v) is 17.9. The summed E-state index contributed by atoms with van der Waals surface area (Å²) in [6.45, 7) is 4.68. The van der Waals surface area contributed by atoms with Gasteiger partial charge in [-0.05, 0) is 31.5 Å². The van der Waals surface area contributed by atoms with Gasteiger partial charge in [0.05, 0.1) is 13.2 Å². The molecule has 8 nitrogen and oxygen atoms in total. The number of amides is 3. The van der Waals surface area contributed by atoms with E-state index in [1.54, 1.807) is 13.2 Å². The monoisotopic (exact) mass is 422 g/mol. The number of ketones is 1. The maximum Gasteiger partial charge on any atom is 0.325 e. The molecule has 0 bridgehead atoms. The molecule has 0 aliphatic carbocycles. The Morgan fingerprint density at radius 2 is 1.97 bits per heavy atom. The number of aromatic amines is 1. The van der Waals surface area contributed by atoms with Crippen LogP contribution >= 0.6 is 0 Å². The van der Waals surface area contributed by atoms with E-state index in [0.29, 0.717) is 25.1 Å². The lowest BCUT2D eigenvalue weighted by atomic mass is 10.0. The number of urea groups is 1. The highest BCUT2D eigenvalue weighted by Gasteiger charge is 2.39. The third kappa shape index (κ3) is 3.86. The fourth-order valence-electron chi connectivity index (χ4n) is 4.22. The average molecular weight is 422 g/mol. The van der Waals surface area contributed by atoms with Gasteiger partial charge in [-0.1, -0.05) is 18.2 Å². The molecule has 3 heterocycles. The molecule has 0 radical (unpaired) electrons. The molecule has 0 saturated carbocycles.